The van der Waals surface area contributed by atoms with Crippen LogP contribution in [0.2, 0.25) is 0 Å². The standard InChI is InChI=1S/C14H18N2S/c1-11-8-14(12(2)17-11)10-16-7-5-13-4-3-6-15-9-13/h3-4,6,8-9,16H,5,7,10H2,1-2H3. The topological polar surface area (TPSA) is 24.9 Å². The summed E-state index contributed by atoms with van der Waals surface area (Å²) >= 11 is 1.87. The maximum absolute atomic E-state index is 4.11. The van der Waals surface area contributed by atoms with E-state index >= 15 is 0 Å². The molecule has 0 aliphatic heterocycles. The van der Waals surface area contributed by atoms with Crippen molar-refractivity contribution >= 4 is 11.3 Å². The van der Waals surface area contributed by atoms with Crippen LogP contribution in [-0.4, -0.2) is 11.5 Å². The summed E-state index contributed by atoms with van der Waals surface area (Å²) in [5.41, 5.74) is 2.72. The first-order valence-electron chi connectivity index (χ1n) is 5.91. The summed E-state index contributed by atoms with van der Waals surface area (Å²) in [4.78, 5) is 6.94. The van der Waals surface area contributed by atoms with Gasteiger partial charge >= 0.3 is 0 Å². The maximum atomic E-state index is 4.11. The van der Waals surface area contributed by atoms with Gasteiger partial charge in [0.2, 0.25) is 0 Å². The minimum Gasteiger partial charge on any atom is -0.312 e. The molecule has 0 aromatic carbocycles. The van der Waals surface area contributed by atoms with Crippen molar-refractivity contribution in [1.29, 1.82) is 0 Å². The fraction of sp³-hybridized carbons (Fsp3) is 0.357. The van der Waals surface area contributed by atoms with Gasteiger partial charge in [-0.2, -0.15) is 0 Å². The average Bonchev–Trinajstić information content (AvgIpc) is 2.65. The maximum Gasteiger partial charge on any atom is 0.0300 e. The van der Waals surface area contributed by atoms with E-state index in [9.17, 15) is 0 Å². The first kappa shape index (κ1) is 12.3. The smallest absolute Gasteiger partial charge is 0.0300 e. The highest BCUT2D eigenvalue weighted by atomic mass is 32.1. The molecule has 2 aromatic heterocycles. The van der Waals surface area contributed by atoms with Crippen LogP contribution in [0, 0.1) is 13.8 Å². The lowest BCUT2D eigenvalue weighted by Crippen LogP contribution is -2.16. The Labute approximate surface area is 107 Å². The second kappa shape index (κ2) is 5.94. The molecule has 0 saturated heterocycles. The van der Waals surface area contributed by atoms with Gasteiger partial charge in [-0.25, -0.2) is 0 Å². The number of hydrogen-bond donors (Lipinski definition) is 1. The van der Waals surface area contributed by atoms with E-state index in [4.69, 9.17) is 0 Å². The molecule has 0 saturated carbocycles. The van der Waals surface area contributed by atoms with Crippen molar-refractivity contribution in [2.45, 2.75) is 26.8 Å². The van der Waals surface area contributed by atoms with Crippen LogP contribution in [-0.2, 0) is 13.0 Å². The summed E-state index contributed by atoms with van der Waals surface area (Å²) in [6.07, 6.45) is 4.78. The van der Waals surface area contributed by atoms with Crippen LogP contribution >= 0.6 is 11.3 Å². The molecule has 2 heterocycles. The predicted molar refractivity (Wildman–Crippen MR) is 73.4 cm³/mol. The van der Waals surface area contributed by atoms with Gasteiger partial charge in [0.15, 0.2) is 0 Å². The van der Waals surface area contributed by atoms with Crippen molar-refractivity contribution in [2.24, 2.45) is 0 Å². The second-order valence-corrected chi connectivity index (χ2v) is 5.69. The lowest BCUT2D eigenvalue weighted by molar-refractivity contribution is 0.685. The van der Waals surface area contributed by atoms with Gasteiger partial charge in [-0.05, 0) is 50.1 Å². The van der Waals surface area contributed by atoms with Crippen molar-refractivity contribution in [2.75, 3.05) is 6.54 Å². The average molecular weight is 246 g/mol. The van der Waals surface area contributed by atoms with E-state index in [2.05, 4.69) is 36.3 Å². The molecule has 2 rings (SSSR count). The fourth-order valence-corrected chi connectivity index (χ4v) is 2.81. The van der Waals surface area contributed by atoms with E-state index < -0.39 is 0 Å². The van der Waals surface area contributed by atoms with Crippen LogP contribution in [0.3, 0.4) is 0 Å². The Balaban J connectivity index is 1.75. The summed E-state index contributed by atoms with van der Waals surface area (Å²) in [5, 5.41) is 3.48. The third-order valence-corrected chi connectivity index (χ3v) is 3.78. The van der Waals surface area contributed by atoms with E-state index in [1.165, 1.54) is 20.9 Å². The molecule has 0 bridgehead atoms. The molecule has 0 unspecified atom stereocenters. The van der Waals surface area contributed by atoms with Crippen LogP contribution in [0.1, 0.15) is 20.9 Å². The predicted octanol–water partition coefficient (Wildman–Crippen LogP) is 3.09. The molecule has 1 N–H and O–H groups in total. The number of pyridine rings is 1. The molecule has 0 amide bonds. The highest BCUT2D eigenvalue weighted by molar-refractivity contribution is 7.12. The van der Waals surface area contributed by atoms with Gasteiger partial charge < -0.3 is 5.32 Å². The van der Waals surface area contributed by atoms with Crippen molar-refractivity contribution in [3.8, 4) is 0 Å². The van der Waals surface area contributed by atoms with Crippen LogP contribution in [0.4, 0.5) is 0 Å². The summed E-state index contributed by atoms with van der Waals surface area (Å²) < 4.78 is 0. The molecule has 0 spiro atoms. The Morgan fingerprint density at radius 1 is 1.35 bits per heavy atom. The van der Waals surface area contributed by atoms with Gasteiger partial charge in [0.1, 0.15) is 0 Å². The van der Waals surface area contributed by atoms with Crippen LogP contribution in [0.25, 0.3) is 0 Å². The molecule has 17 heavy (non-hydrogen) atoms. The van der Waals surface area contributed by atoms with Crippen LogP contribution in [0.5, 0.6) is 0 Å². The van der Waals surface area contributed by atoms with Gasteiger partial charge in [-0.15, -0.1) is 11.3 Å². The van der Waals surface area contributed by atoms with E-state index in [-0.39, 0.29) is 0 Å². The van der Waals surface area contributed by atoms with E-state index in [0.717, 1.165) is 19.5 Å². The number of aromatic nitrogens is 1. The van der Waals surface area contributed by atoms with E-state index in [1.807, 2.05) is 29.8 Å². The van der Waals surface area contributed by atoms with E-state index in [1.54, 1.807) is 0 Å². The van der Waals surface area contributed by atoms with Crippen molar-refractivity contribution in [3.63, 3.8) is 0 Å². The largest absolute Gasteiger partial charge is 0.312 e. The third-order valence-electron chi connectivity index (χ3n) is 2.77. The monoisotopic (exact) mass is 246 g/mol. The van der Waals surface area contributed by atoms with Gasteiger partial charge in [0, 0.05) is 28.7 Å². The molecule has 0 atom stereocenters. The SMILES string of the molecule is Cc1cc(CNCCc2cccnc2)c(C)s1. The Morgan fingerprint density at radius 2 is 2.24 bits per heavy atom. The zero-order valence-electron chi connectivity index (χ0n) is 10.4. The molecule has 0 fully saturated rings. The Kier molecular flexibility index (Phi) is 4.29. The molecule has 0 aliphatic rings. The summed E-state index contributed by atoms with van der Waals surface area (Å²) in [6.45, 7) is 6.32. The number of hydrogen-bond acceptors (Lipinski definition) is 3. The van der Waals surface area contributed by atoms with Gasteiger partial charge in [-0.1, -0.05) is 6.07 Å². The molecular formula is C14H18N2S. The zero-order valence-corrected chi connectivity index (χ0v) is 11.2. The third kappa shape index (κ3) is 3.65. The number of nitrogens with zero attached hydrogens (tertiary/aromatic N) is 1. The van der Waals surface area contributed by atoms with Crippen LogP contribution in [0.15, 0.2) is 30.6 Å². The van der Waals surface area contributed by atoms with Gasteiger partial charge in [-0.3, -0.25) is 4.98 Å². The Morgan fingerprint density at radius 3 is 2.88 bits per heavy atom. The Hall–Kier alpha value is -1.19. The molecule has 0 radical (unpaired) electrons. The molecule has 90 valence electrons. The quantitative estimate of drug-likeness (QED) is 0.820. The van der Waals surface area contributed by atoms with E-state index in [0.29, 0.717) is 0 Å². The zero-order chi connectivity index (χ0) is 12.1. The fourth-order valence-electron chi connectivity index (χ4n) is 1.86. The summed E-state index contributed by atoms with van der Waals surface area (Å²) in [7, 11) is 0. The number of rotatable bonds is 5. The summed E-state index contributed by atoms with van der Waals surface area (Å²) in [5.74, 6) is 0. The molecular weight excluding hydrogens is 228 g/mol. The number of thiophene rings is 1. The van der Waals surface area contributed by atoms with Gasteiger partial charge in [0.25, 0.3) is 0 Å². The first-order valence-corrected chi connectivity index (χ1v) is 6.73. The molecule has 2 aromatic rings. The van der Waals surface area contributed by atoms with Crippen LogP contribution < -0.4 is 5.32 Å². The highest BCUT2D eigenvalue weighted by Gasteiger charge is 2.01. The number of aryl methyl sites for hydroxylation is 2. The Bertz CT molecular complexity index is 462. The number of nitrogens with one attached hydrogen (secondary N) is 1. The lowest BCUT2D eigenvalue weighted by Gasteiger charge is -2.04. The van der Waals surface area contributed by atoms with Gasteiger partial charge in [0.05, 0.1) is 0 Å². The van der Waals surface area contributed by atoms with Crippen molar-refractivity contribution in [3.05, 3.63) is 51.5 Å². The molecule has 3 heteroatoms. The second-order valence-electron chi connectivity index (χ2n) is 4.23. The summed E-state index contributed by atoms with van der Waals surface area (Å²) in [6, 6.07) is 6.38. The normalized spacial score (nSPS) is 10.7. The van der Waals surface area contributed by atoms with Crippen molar-refractivity contribution < 1.29 is 0 Å². The minimum atomic E-state index is 0.969. The molecule has 0 aliphatic carbocycles. The highest BCUT2D eigenvalue weighted by Crippen LogP contribution is 2.20. The first-order chi connectivity index (χ1) is 8.25. The lowest BCUT2D eigenvalue weighted by atomic mass is 10.2. The van der Waals surface area contributed by atoms with Crippen molar-refractivity contribution in [1.82, 2.24) is 10.3 Å². The molecule has 2 nitrogen and oxygen atoms in total. The minimum absolute atomic E-state index is 0.969.